The smallest absolute Gasteiger partial charge is 0.193 e. The molecule has 0 N–H and O–H groups in total. The van der Waals surface area contributed by atoms with Gasteiger partial charge < -0.3 is 0 Å². The van der Waals surface area contributed by atoms with Crippen LogP contribution in [-0.4, -0.2) is 5.78 Å². The first-order chi connectivity index (χ1) is 6.38. The molecule has 2 heteroatoms. The van der Waals surface area contributed by atoms with E-state index in [4.69, 9.17) is 0 Å². The molecule has 0 saturated heterocycles. The van der Waals surface area contributed by atoms with Crippen LogP contribution in [0.15, 0.2) is 41.1 Å². The summed E-state index contributed by atoms with van der Waals surface area (Å²) in [6.07, 6.45) is 0. The van der Waals surface area contributed by atoms with Crippen LogP contribution in [-0.2, 0) is 0 Å². The maximum Gasteiger partial charge on any atom is 0.193 e. The molecule has 13 heavy (non-hydrogen) atoms. The molecular weight excluding hydrogens is 180 g/mol. The van der Waals surface area contributed by atoms with Gasteiger partial charge in [-0.2, -0.15) is 11.3 Å². The van der Waals surface area contributed by atoms with Crippen molar-refractivity contribution in [3.05, 3.63) is 58.3 Å². The fraction of sp³-hybridized carbons (Fsp3) is 0. The van der Waals surface area contributed by atoms with Gasteiger partial charge in [-0.25, -0.2) is 0 Å². The molecule has 1 radical (unpaired) electrons. The minimum absolute atomic E-state index is 0.0789. The Balaban J connectivity index is 2.34. The zero-order valence-corrected chi connectivity index (χ0v) is 7.67. The lowest BCUT2D eigenvalue weighted by Crippen LogP contribution is -1.98. The summed E-state index contributed by atoms with van der Waals surface area (Å²) in [6.45, 7) is 0. The van der Waals surface area contributed by atoms with Gasteiger partial charge in [-0.1, -0.05) is 24.3 Å². The Morgan fingerprint density at radius 2 is 1.92 bits per heavy atom. The van der Waals surface area contributed by atoms with Gasteiger partial charge in [0.2, 0.25) is 0 Å². The van der Waals surface area contributed by atoms with Gasteiger partial charge in [0.25, 0.3) is 0 Å². The molecule has 0 aliphatic heterocycles. The van der Waals surface area contributed by atoms with Crippen molar-refractivity contribution in [2.75, 3.05) is 0 Å². The number of thiophene rings is 1. The van der Waals surface area contributed by atoms with Gasteiger partial charge in [-0.15, -0.1) is 0 Å². The van der Waals surface area contributed by atoms with Gasteiger partial charge in [0.1, 0.15) is 0 Å². The van der Waals surface area contributed by atoms with Gasteiger partial charge in [-0.3, -0.25) is 4.79 Å². The van der Waals surface area contributed by atoms with Crippen molar-refractivity contribution in [3.63, 3.8) is 0 Å². The van der Waals surface area contributed by atoms with Gasteiger partial charge in [0.15, 0.2) is 5.78 Å². The Kier molecular flexibility index (Phi) is 2.23. The van der Waals surface area contributed by atoms with Gasteiger partial charge >= 0.3 is 0 Å². The van der Waals surface area contributed by atoms with Gasteiger partial charge in [0.05, 0.1) is 0 Å². The van der Waals surface area contributed by atoms with Crippen molar-refractivity contribution in [2.24, 2.45) is 0 Å². The Labute approximate surface area is 80.7 Å². The highest BCUT2D eigenvalue weighted by Gasteiger charge is 2.07. The number of hydrogen-bond donors (Lipinski definition) is 0. The molecule has 1 aromatic carbocycles. The fourth-order valence-corrected chi connectivity index (χ4v) is 1.73. The molecule has 0 aliphatic carbocycles. The molecule has 0 spiro atoms. The molecule has 0 fully saturated rings. The fourth-order valence-electron chi connectivity index (χ4n) is 1.10. The normalized spacial score (nSPS) is 9.85. The predicted molar refractivity (Wildman–Crippen MR) is 53.0 cm³/mol. The van der Waals surface area contributed by atoms with Crippen molar-refractivity contribution in [1.29, 1.82) is 0 Å². The van der Waals surface area contributed by atoms with Crippen LogP contribution >= 0.6 is 11.3 Å². The van der Waals surface area contributed by atoms with Crippen LogP contribution in [0.5, 0.6) is 0 Å². The highest BCUT2D eigenvalue weighted by atomic mass is 32.1. The quantitative estimate of drug-likeness (QED) is 0.661. The van der Waals surface area contributed by atoms with Crippen LogP contribution in [0.4, 0.5) is 0 Å². The average molecular weight is 187 g/mol. The summed E-state index contributed by atoms with van der Waals surface area (Å²) in [7, 11) is 0. The number of benzene rings is 1. The van der Waals surface area contributed by atoms with E-state index >= 15 is 0 Å². The maximum atomic E-state index is 11.7. The number of hydrogen-bond acceptors (Lipinski definition) is 2. The van der Waals surface area contributed by atoms with Crippen LogP contribution in [0, 0.1) is 6.07 Å². The van der Waals surface area contributed by atoms with E-state index in [2.05, 4.69) is 6.07 Å². The van der Waals surface area contributed by atoms with Crippen molar-refractivity contribution in [3.8, 4) is 0 Å². The monoisotopic (exact) mass is 187 g/mol. The molecule has 0 unspecified atom stereocenters. The summed E-state index contributed by atoms with van der Waals surface area (Å²) in [5, 5.41) is 3.77. The lowest BCUT2D eigenvalue weighted by Gasteiger charge is -1.95. The first-order valence-corrected chi connectivity index (χ1v) is 4.85. The highest BCUT2D eigenvalue weighted by molar-refractivity contribution is 7.08. The molecule has 0 saturated carbocycles. The van der Waals surface area contributed by atoms with E-state index in [-0.39, 0.29) is 5.78 Å². The molecule has 0 bridgehead atoms. The zero-order valence-electron chi connectivity index (χ0n) is 6.86. The van der Waals surface area contributed by atoms with Crippen molar-refractivity contribution in [1.82, 2.24) is 0 Å². The Morgan fingerprint density at radius 3 is 2.54 bits per heavy atom. The van der Waals surface area contributed by atoms with Gasteiger partial charge in [0, 0.05) is 16.5 Å². The summed E-state index contributed by atoms with van der Waals surface area (Å²) in [6, 6.07) is 11.8. The summed E-state index contributed by atoms with van der Waals surface area (Å²) in [5.74, 6) is 0.0789. The van der Waals surface area contributed by atoms with E-state index in [1.807, 2.05) is 16.8 Å². The molecule has 1 nitrogen and oxygen atoms in total. The molecule has 2 rings (SSSR count). The van der Waals surface area contributed by atoms with Crippen LogP contribution in [0.1, 0.15) is 15.9 Å². The van der Waals surface area contributed by atoms with Gasteiger partial charge in [-0.05, 0) is 17.5 Å². The highest BCUT2D eigenvalue weighted by Crippen LogP contribution is 2.12. The molecule has 0 aliphatic rings. The molecule has 0 atom stereocenters. The van der Waals surface area contributed by atoms with E-state index in [9.17, 15) is 4.79 Å². The minimum Gasteiger partial charge on any atom is -0.289 e. The standard InChI is InChI=1S/C11H7OS/c12-11(10-6-7-13-8-10)9-4-2-1-3-5-9/h2-8H. The lowest BCUT2D eigenvalue weighted by molar-refractivity contribution is 0.103. The second-order valence-electron chi connectivity index (χ2n) is 2.63. The molecule has 0 amide bonds. The lowest BCUT2D eigenvalue weighted by atomic mass is 10.1. The van der Waals surface area contributed by atoms with E-state index in [0.29, 0.717) is 0 Å². The Morgan fingerprint density at radius 1 is 1.15 bits per heavy atom. The van der Waals surface area contributed by atoms with Crippen molar-refractivity contribution >= 4 is 17.1 Å². The Bertz CT molecular complexity index is 389. The minimum atomic E-state index is 0.0789. The number of ketones is 1. The van der Waals surface area contributed by atoms with Crippen LogP contribution in [0.2, 0.25) is 0 Å². The topological polar surface area (TPSA) is 17.1 Å². The molecular formula is C11H7OS. The summed E-state index contributed by atoms with van der Waals surface area (Å²) in [4.78, 5) is 11.7. The molecule has 1 aromatic heterocycles. The summed E-state index contributed by atoms with van der Waals surface area (Å²) < 4.78 is 0. The van der Waals surface area contributed by atoms with Crippen LogP contribution in [0.3, 0.4) is 0 Å². The van der Waals surface area contributed by atoms with Crippen LogP contribution in [0.25, 0.3) is 0 Å². The van der Waals surface area contributed by atoms with Crippen LogP contribution < -0.4 is 0 Å². The first-order valence-electron chi connectivity index (χ1n) is 3.91. The number of rotatable bonds is 2. The van der Waals surface area contributed by atoms with Crippen molar-refractivity contribution in [2.45, 2.75) is 0 Å². The Hall–Kier alpha value is -1.41. The second-order valence-corrected chi connectivity index (χ2v) is 3.41. The SMILES string of the molecule is O=C(c1cc[c]cc1)c1ccsc1. The number of carbonyl (C=O) groups excluding carboxylic acids is 1. The zero-order chi connectivity index (χ0) is 9.10. The third-order valence-electron chi connectivity index (χ3n) is 1.76. The molecule has 63 valence electrons. The van der Waals surface area contributed by atoms with E-state index in [1.54, 1.807) is 24.3 Å². The summed E-state index contributed by atoms with van der Waals surface area (Å²) in [5.41, 5.74) is 1.48. The van der Waals surface area contributed by atoms with E-state index < -0.39 is 0 Å². The first kappa shape index (κ1) is 8.20. The largest absolute Gasteiger partial charge is 0.289 e. The predicted octanol–water partition coefficient (Wildman–Crippen LogP) is 2.78. The summed E-state index contributed by atoms with van der Waals surface area (Å²) >= 11 is 1.53. The van der Waals surface area contributed by atoms with Crippen molar-refractivity contribution < 1.29 is 4.79 Å². The van der Waals surface area contributed by atoms with E-state index in [1.165, 1.54) is 11.3 Å². The second kappa shape index (κ2) is 3.54. The third-order valence-corrected chi connectivity index (χ3v) is 2.45. The molecule has 2 aromatic rings. The average Bonchev–Trinajstić information content (AvgIpc) is 2.71. The van der Waals surface area contributed by atoms with E-state index in [0.717, 1.165) is 11.1 Å². The number of carbonyl (C=O) groups is 1. The third kappa shape index (κ3) is 1.68. The molecule has 1 heterocycles. The maximum absolute atomic E-state index is 11.7.